The van der Waals surface area contributed by atoms with Gasteiger partial charge in [-0.2, -0.15) is 0 Å². The van der Waals surface area contributed by atoms with Crippen molar-refractivity contribution >= 4 is 66.4 Å². The van der Waals surface area contributed by atoms with E-state index in [0.717, 1.165) is 89.3 Å². The molecule has 12 aromatic carbocycles. The third-order valence-corrected chi connectivity index (χ3v) is 13.7. The van der Waals surface area contributed by atoms with Crippen LogP contribution in [0.15, 0.2) is 261 Å². The number of ether oxygens (including phenoxy) is 1. The van der Waals surface area contributed by atoms with Crippen molar-refractivity contribution in [2.24, 2.45) is 0 Å². The summed E-state index contributed by atoms with van der Waals surface area (Å²) < 4.78 is 24.3. The molecular formula is C66H43FN2O. The number of benzene rings is 12. The van der Waals surface area contributed by atoms with Gasteiger partial charge in [0.2, 0.25) is 0 Å². The van der Waals surface area contributed by atoms with Crippen LogP contribution in [0, 0.1) is 5.82 Å². The van der Waals surface area contributed by atoms with Crippen LogP contribution in [-0.4, -0.2) is 0 Å². The Hall–Kier alpha value is -9.25. The maximum Gasteiger partial charge on any atom is 0.148 e. The zero-order valence-corrected chi connectivity index (χ0v) is 38.0. The van der Waals surface area contributed by atoms with E-state index in [1.807, 2.05) is 95.9 Å². The van der Waals surface area contributed by atoms with Crippen molar-refractivity contribution in [3.63, 3.8) is 0 Å². The summed E-state index contributed by atoms with van der Waals surface area (Å²) in [6, 6.07) is 90.0. The normalized spacial score (nSPS) is 11.6. The van der Waals surface area contributed by atoms with Crippen LogP contribution in [-0.2, 0) is 0 Å². The first-order valence-electron chi connectivity index (χ1n) is 23.7. The number of para-hydroxylation sites is 3. The monoisotopic (exact) mass is 898 g/mol. The zero-order valence-electron chi connectivity index (χ0n) is 38.0. The maximum absolute atomic E-state index is 17.3. The number of rotatable bonds is 9. The van der Waals surface area contributed by atoms with Crippen LogP contribution < -0.4 is 14.5 Å². The van der Waals surface area contributed by atoms with Gasteiger partial charge in [-0.15, -0.1) is 0 Å². The van der Waals surface area contributed by atoms with Crippen molar-refractivity contribution in [3.8, 4) is 56.0 Å². The standard InChI is InChI=1S/C66H43FN2O/c67-62-40-47(44-19-6-1-7-20-44)39-58(45-21-8-2-9-22-45)66(62)69(50-27-14-5-15-28-50)52-37-38-55-61-43-59-54-30-17-16-29-53(54)57(42-60(59)56-31-18-32-63(65(56)61)70-64(55)41-52)46-33-35-51(36-34-46)68(48-23-10-3-11-24-48)49-25-12-4-13-26-49/h1-43H. The average molecular weight is 899 g/mol. The van der Waals surface area contributed by atoms with Gasteiger partial charge in [-0.25, -0.2) is 4.39 Å². The quantitative estimate of drug-likeness (QED) is 0.134. The van der Waals surface area contributed by atoms with E-state index in [2.05, 4.69) is 169 Å². The summed E-state index contributed by atoms with van der Waals surface area (Å²) in [5.74, 6) is 1.17. The van der Waals surface area contributed by atoms with Gasteiger partial charge in [-0.3, -0.25) is 0 Å². The molecule has 13 rings (SSSR count). The van der Waals surface area contributed by atoms with Gasteiger partial charge in [0.05, 0.1) is 11.4 Å². The van der Waals surface area contributed by atoms with Crippen LogP contribution in [0.5, 0.6) is 11.5 Å². The lowest BCUT2D eigenvalue weighted by Gasteiger charge is -2.30. The third kappa shape index (κ3) is 7.05. The van der Waals surface area contributed by atoms with E-state index < -0.39 is 0 Å². The second-order valence-electron chi connectivity index (χ2n) is 17.8. The first-order chi connectivity index (χ1) is 34.6. The van der Waals surface area contributed by atoms with Crippen LogP contribution in [0.1, 0.15) is 0 Å². The van der Waals surface area contributed by atoms with Crippen LogP contribution in [0.3, 0.4) is 0 Å². The predicted molar refractivity (Wildman–Crippen MR) is 290 cm³/mol. The molecule has 0 aromatic heterocycles. The van der Waals surface area contributed by atoms with E-state index in [1.165, 1.54) is 21.7 Å². The fraction of sp³-hybridized carbons (Fsp3) is 0. The minimum Gasteiger partial charge on any atom is -0.456 e. The van der Waals surface area contributed by atoms with E-state index in [1.54, 1.807) is 6.07 Å². The molecule has 4 heteroatoms. The van der Waals surface area contributed by atoms with E-state index >= 15 is 4.39 Å². The average Bonchev–Trinajstić information content (AvgIpc) is 3.43. The minimum absolute atomic E-state index is 0.326. The fourth-order valence-corrected chi connectivity index (χ4v) is 10.5. The largest absolute Gasteiger partial charge is 0.456 e. The predicted octanol–water partition coefficient (Wildman–Crippen LogP) is 19.0. The maximum atomic E-state index is 17.3. The molecule has 0 amide bonds. The molecule has 3 nitrogen and oxygen atoms in total. The van der Waals surface area contributed by atoms with Gasteiger partial charge in [0.1, 0.15) is 17.3 Å². The minimum atomic E-state index is -0.326. The van der Waals surface area contributed by atoms with E-state index in [4.69, 9.17) is 4.74 Å². The lowest BCUT2D eigenvalue weighted by Crippen LogP contribution is -2.14. The smallest absolute Gasteiger partial charge is 0.148 e. The molecule has 0 fully saturated rings. The summed E-state index contributed by atoms with van der Waals surface area (Å²) in [7, 11) is 0. The van der Waals surface area contributed by atoms with Crippen LogP contribution >= 0.6 is 0 Å². The van der Waals surface area contributed by atoms with Gasteiger partial charge in [0, 0.05) is 45.3 Å². The van der Waals surface area contributed by atoms with E-state index in [9.17, 15) is 0 Å². The molecule has 0 unspecified atom stereocenters. The summed E-state index contributed by atoms with van der Waals surface area (Å²) in [6.45, 7) is 0. The van der Waals surface area contributed by atoms with Crippen LogP contribution in [0.4, 0.5) is 38.5 Å². The first-order valence-corrected chi connectivity index (χ1v) is 23.7. The number of nitrogens with zero attached hydrogens (tertiary/aromatic N) is 2. The molecule has 0 radical (unpaired) electrons. The first kappa shape index (κ1) is 41.0. The SMILES string of the molecule is Fc1cc(-c2ccccc2)cc(-c2ccccc2)c1N(c1ccccc1)c1ccc2c(c1)Oc1cccc3c1c-2cc1c2ccccc2c(-c2ccc(N(c4ccccc4)c4ccccc4)cc2)cc31. The second kappa shape index (κ2) is 17.1. The second-order valence-corrected chi connectivity index (χ2v) is 17.8. The molecule has 12 aromatic rings. The van der Waals surface area contributed by atoms with Gasteiger partial charge < -0.3 is 14.5 Å². The summed E-state index contributed by atoms with van der Waals surface area (Å²) in [5, 5.41) is 6.90. The zero-order chi connectivity index (χ0) is 46.5. The number of hydrogen-bond acceptors (Lipinski definition) is 3. The van der Waals surface area contributed by atoms with Crippen molar-refractivity contribution in [3.05, 3.63) is 267 Å². The Morgan fingerprint density at radius 1 is 0.271 bits per heavy atom. The highest BCUT2D eigenvalue weighted by molar-refractivity contribution is 6.25. The van der Waals surface area contributed by atoms with Crippen LogP contribution in [0.25, 0.3) is 76.8 Å². The summed E-state index contributed by atoms with van der Waals surface area (Å²) in [5.41, 5.74) is 13.2. The van der Waals surface area contributed by atoms with Crippen molar-refractivity contribution in [2.45, 2.75) is 0 Å². The molecule has 0 N–H and O–H groups in total. The van der Waals surface area contributed by atoms with Crippen molar-refractivity contribution in [2.75, 3.05) is 9.80 Å². The Morgan fingerprint density at radius 2 is 0.771 bits per heavy atom. The molecule has 0 saturated heterocycles. The Labute approximate surface area is 406 Å². The molecule has 0 atom stereocenters. The van der Waals surface area contributed by atoms with Gasteiger partial charge in [-0.05, 0) is 151 Å². The van der Waals surface area contributed by atoms with Gasteiger partial charge in [-0.1, -0.05) is 164 Å². The van der Waals surface area contributed by atoms with E-state index in [0.29, 0.717) is 11.4 Å². The lowest BCUT2D eigenvalue weighted by molar-refractivity contribution is 0.487. The highest BCUT2D eigenvalue weighted by Gasteiger charge is 2.27. The molecular weight excluding hydrogens is 856 g/mol. The third-order valence-electron chi connectivity index (χ3n) is 13.7. The summed E-state index contributed by atoms with van der Waals surface area (Å²) >= 11 is 0. The number of hydrogen-bond donors (Lipinski definition) is 0. The Morgan fingerprint density at radius 3 is 1.43 bits per heavy atom. The highest BCUT2D eigenvalue weighted by atomic mass is 19.1. The van der Waals surface area contributed by atoms with Crippen molar-refractivity contribution in [1.82, 2.24) is 0 Å². The topological polar surface area (TPSA) is 15.7 Å². The molecule has 0 bridgehead atoms. The van der Waals surface area contributed by atoms with Crippen LogP contribution in [0.2, 0.25) is 0 Å². The molecule has 0 saturated carbocycles. The molecule has 1 aliphatic rings. The van der Waals surface area contributed by atoms with Gasteiger partial charge >= 0.3 is 0 Å². The highest BCUT2D eigenvalue weighted by Crippen LogP contribution is 2.53. The number of anilines is 6. The van der Waals surface area contributed by atoms with Gasteiger partial charge in [0.15, 0.2) is 0 Å². The lowest BCUT2D eigenvalue weighted by atomic mass is 9.86. The summed E-state index contributed by atoms with van der Waals surface area (Å²) in [4.78, 5) is 4.32. The Balaban J connectivity index is 0.951. The Bertz CT molecular complexity index is 3860. The molecule has 1 aliphatic heterocycles. The summed E-state index contributed by atoms with van der Waals surface area (Å²) in [6.07, 6.45) is 0. The molecule has 70 heavy (non-hydrogen) atoms. The number of halogens is 1. The van der Waals surface area contributed by atoms with Gasteiger partial charge in [0.25, 0.3) is 0 Å². The molecule has 330 valence electrons. The molecule has 0 aliphatic carbocycles. The molecule has 1 heterocycles. The fourth-order valence-electron chi connectivity index (χ4n) is 10.5. The van der Waals surface area contributed by atoms with E-state index in [-0.39, 0.29) is 5.82 Å². The Kier molecular flexibility index (Phi) is 10.0. The molecule has 0 spiro atoms. The van der Waals surface area contributed by atoms with Crippen molar-refractivity contribution in [1.29, 1.82) is 0 Å². The van der Waals surface area contributed by atoms with Crippen molar-refractivity contribution < 1.29 is 9.13 Å². The number of fused-ring (bicyclic) bond motifs is 6.